The van der Waals surface area contributed by atoms with E-state index in [1.807, 2.05) is 0 Å². The second-order valence-corrected chi connectivity index (χ2v) is 5.32. The van der Waals surface area contributed by atoms with E-state index in [0.29, 0.717) is 30.1 Å². The molecule has 0 bridgehead atoms. The first-order chi connectivity index (χ1) is 12.5. The highest BCUT2D eigenvalue weighted by atomic mass is 127. The molecule has 0 saturated carbocycles. The quantitative estimate of drug-likeness (QED) is 0.262. The van der Waals surface area contributed by atoms with E-state index in [4.69, 9.17) is 0 Å². The van der Waals surface area contributed by atoms with Gasteiger partial charge in [-0.25, -0.2) is 8.78 Å². The van der Waals surface area contributed by atoms with Gasteiger partial charge in [0.1, 0.15) is 17.4 Å². The molecule has 0 aliphatic rings. The zero-order valence-corrected chi connectivity index (χ0v) is 16.8. The molecule has 0 radical (unpaired) electrons. The largest absolute Gasteiger partial charge is 0.434 e. The number of hydrogen-bond acceptors (Lipinski definition) is 2. The first kappa shape index (κ1) is 23.0. The van der Waals surface area contributed by atoms with Gasteiger partial charge in [0.2, 0.25) is 0 Å². The van der Waals surface area contributed by atoms with Crippen LogP contribution in [-0.4, -0.2) is 26.2 Å². The SMILES string of the molecule is CN=C(NCCc1ccc(F)cc1F)NCc1ccccc1OC(F)F.I. The number of benzene rings is 2. The van der Waals surface area contributed by atoms with Gasteiger partial charge in [0.25, 0.3) is 0 Å². The summed E-state index contributed by atoms with van der Waals surface area (Å²) >= 11 is 0. The predicted molar refractivity (Wildman–Crippen MR) is 107 cm³/mol. The van der Waals surface area contributed by atoms with Crippen LogP contribution in [0.15, 0.2) is 47.5 Å². The van der Waals surface area contributed by atoms with Crippen LogP contribution < -0.4 is 15.4 Å². The molecule has 2 aromatic rings. The van der Waals surface area contributed by atoms with Crippen molar-refractivity contribution in [1.29, 1.82) is 0 Å². The van der Waals surface area contributed by atoms with Gasteiger partial charge in [-0.15, -0.1) is 24.0 Å². The van der Waals surface area contributed by atoms with Gasteiger partial charge < -0.3 is 15.4 Å². The van der Waals surface area contributed by atoms with Crippen LogP contribution in [0.1, 0.15) is 11.1 Å². The van der Waals surface area contributed by atoms with Crippen molar-refractivity contribution in [3.8, 4) is 5.75 Å². The van der Waals surface area contributed by atoms with E-state index in [9.17, 15) is 17.6 Å². The molecular formula is C18H20F4IN3O. The van der Waals surface area contributed by atoms with Gasteiger partial charge in [-0.3, -0.25) is 4.99 Å². The van der Waals surface area contributed by atoms with Crippen molar-refractivity contribution >= 4 is 29.9 Å². The van der Waals surface area contributed by atoms with Crippen molar-refractivity contribution in [2.45, 2.75) is 19.6 Å². The summed E-state index contributed by atoms with van der Waals surface area (Å²) in [7, 11) is 1.55. The lowest BCUT2D eigenvalue weighted by molar-refractivity contribution is -0.0504. The lowest BCUT2D eigenvalue weighted by atomic mass is 10.1. The molecular weight excluding hydrogens is 477 g/mol. The molecule has 4 nitrogen and oxygen atoms in total. The van der Waals surface area contributed by atoms with Crippen molar-refractivity contribution in [2.24, 2.45) is 4.99 Å². The number of ether oxygens (including phenoxy) is 1. The number of halogens is 5. The fraction of sp³-hybridized carbons (Fsp3) is 0.278. The Hall–Kier alpha value is -2.04. The van der Waals surface area contributed by atoms with Crippen LogP contribution in [0.5, 0.6) is 5.75 Å². The van der Waals surface area contributed by atoms with Crippen molar-refractivity contribution in [1.82, 2.24) is 10.6 Å². The van der Waals surface area contributed by atoms with E-state index in [-0.39, 0.29) is 36.3 Å². The molecule has 0 spiro atoms. The number of guanidine groups is 1. The highest BCUT2D eigenvalue weighted by molar-refractivity contribution is 14.0. The van der Waals surface area contributed by atoms with Crippen LogP contribution in [0.4, 0.5) is 17.6 Å². The summed E-state index contributed by atoms with van der Waals surface area (Å²) in [6, 6.07) is 9.85. The molecule has 0 atom stereocenters. The summed E-state index contributed by atoms with van der Waals surface area (Å²) in [5, 5.41) is 5.95. The first-order valence-corrected chi connectivity index (χ1v) is 7.90. The van der Waals surface area contributed by atoms with Crippen molar-refractivity contribution in [3.63, 3.8) is 0 Å². The molecule has 0 amide bonds. The number of aliphatic imine (C=N–C) groups is 1. The fourth-order valence-electron chi connectivity index (χ4n) is 2.30. The van der Waals surface area contributed by atoms with Crippen molar-refractivity contribution < 1.29 is 22.3 Å². The van der Waals surface area contributed by atoms with Crippen molar-refractivity contribution in [2.75, 3.05) is 13.6 Å². The molecule has 0 saturated heterocycles. The Balaban J connectivity index is 0.00000364. The van der Waals surface area contributed by atoms with E-state index in [0.717, 1.165) is 6.07 Å². The molecule has 0 aliphatic carbocycles. The van der Waals surface area contributed by atoms with E-state index < -0.39 is 18.2 Å². The zero-order valence-electron chi connectivity index (χ0n) is 14.5. The maximum absolute atomic E-state index is 13.6. The molecule has 0 fully saturated rings. The van der Waals surface area contributed by atoms with Gasteiger partial charge in [-0.05, 0) is 24.1 Å². The minimum Gasteiger partial charge on any atom is -0.434 e. The maximum Gasteiger partial charge on any atom is 0.387 e. The number of alkyl halides is 2. The van der Waals surface area contributed by atoms with Gasteiger partial charge in [-0.1, -0.05) is 24.3 Å². The lowest BCUT2D eigenvalue weighted by Crippen LogP contribution is -2.38. The topological polar surface area (TPSA) is 45.7 Å². The van der Waals surface area contributed by atoms with Crippen LogP contribution in [0.3, 0.4) is 0 Å². The molecule has 0 aliphatic heterocycles. The third kappa shape index (κ3) is 7.61. The predicted octanol–water partition coefficient (Wildman–Crippen LogP) is 4.09. The molecule has 27 heavy (non-hydrogen) atoms. The molecule has 9 heteroatoms. The number of nitrogens with one attached hydrogen (secondary N) is 2. The molecule has 0 aromatic heterocycles. The zero-order chi connectivity index (χ0) is 18.9. The third-order valence-corrected chi connectivity index (χ3v) is 3.56. The molecule has 148 valence electrons. The normalized spacial score (nSPS) is 11.1. The number of hydrogen-bond donors (Lipinski definition) is 2. The van der Waals surface area contributed by atoms with E-state index in [1.165, 1.54) is 18.2 Å². The molecule has 2 aromatic carbocycles. The molecule has 0 unspecified atom stereocenters. The lowest BCUT2D eigenvalue weighted by Gasteiger charge is -2.14. The standard InChI is InChI=1S/C18H19F4N3O.HI/c1-23-18(24-9-8-12-6-7-14(19)10-15(12)20)25-11-13-4-2-3-5-16(13)26-17(21)22;/h2-7,10,17H,8-9,11H2,1H3,(H2,23,24,25);1H. The average molecular weight is 497 g/mol. The van der Waals surface area contributed by atoms with Gasteiger partial charge >= 0.3 is 6.61 Å². The van der Waals surface area contributed by atoms with Crippen LogP contribution in [0.25, 0.3) is 0 Å². The van der Waals surface area contributed by atoms with E-state index in [2.05, 4.69) is 20.4 Å². The van der Waals surface area contributed by atoms with Crippen LogP contribution in [-0.2, 0) is 13.0 Å². The van der Waals surface area contributed by atoms with Crippen LogP contribution in [0.2, 0.25) is 0 Å². The minimum absolute atomic E-state index is 0. The summed E-state index contributed by atoms with van der Waals surface area (Å²) in [5.74, 6) is -0.729. The number of rotatable bonds is 7. The molecule has 2 N–H and O–H groups in total. The maximum atomic E-state index is 13.6. The van der Waals surface area contributed by atoms with Crippen molar-refractivity contribution in [3.05, 3.63) is 65.2 Å². The van der Waals surface area contributed by atoms with Crippen LogP contribution in [0, 0.1) is 11.6 Å². The summed E-state index contributed by atoms with van der Waals surface area (Å²) < 4.78 is 55.8. The summed E-state index contributed by atoms with van der Waals surface area (Å²) in [4.78, 5) is 4.01. The third-order valence-electron chi connectivity index (χ3n) is 3.56. The second kappa shape index (κ2) is 11.6. The average Bonchev–Trinajstić information content (AvgIpc) is 2.60. The smallest absolute Gasteiger partial charge is 0.387 e. The monoisotopic (exact) mass is 497 g/mol. The Bertz CT molecular complexity index is 759. The first-order valence-electron chi connectivity index (χ1n) is 7.90. The minimum atomic E-state index is -2.90. The summed E-state index contributed by atoms with van der Waals surface area (Å²) in [5.41, 5.74) is 0.922. The Morgan fingerprint density at radius 1 is 1.07 bits per heavy atom. The number of nitrogens with zero attached hydrogens (tertiary/aromatic N) is 1. The summed E-state index contributed by atoms with van der Waals surface area (Å²) in [6.07, 6.45) is 0.331. The van der Waals surface area contributed by atoms with E-state index >= 15 is 0 Å². The summed E-state index contributed by atoms with van der Waals surface area (Å²) in [6.45, 7) is -2.33. The van der Waals surface area contributed by atoms with Gasteiger partial charge in [0, 0.05) is 31.8 Å². The van der Waals surface area contributed by atoms with Gasteiger partial charge in [0.15, 0.2) is 5.96 Å². The fourth-order valence-corrected chi connectivity index (χ4v) is 2.30. The van der Waals surface area contributed by atoms with E-state index in [1.54, 1.807) is 25.2 Å². The number of para-hydroxylation sites is 1. The second-order valence-electron chi connectivity index (χ2n) is 5.32. The van der Waals surface area contributed by atoms with Gasteiger partial charge in [-0.2, -0.15) is 8.78 Å². The Morgan fingerprint density at radius 2 is 1.81 bits per heavy atom. The Kier molecular flexibility index (Phi) is 9.90. The molecule has 0 heterocycles. The highest BCUT2D eigenvalue weighted by Crippen LogP contribution is 2.19. The Morgan fingerprint density at radius 3 is 2.48 bits per heavy atom. The van der Waals surface area contributed by atoms with Gasteiger partial charge in [0.05, 0.1) is 0 Å². The molecule has 2 rings (SSSR count). The van der Waals surface area contributed by atoms with Crippen LogP contribution >= 0.6 is 24.0 Å². The highest BCUT2D eigenvalue weighted by Gasteiger charge is 2.09. The Labute approximate surface area is 172 Å².